The minimum atomic E-state index is -0.677. The number of fused-ring (bicyclic) bond motifs is 1. The van der Waals surface area contributed by atoms with Crippen molar-refractivity contribution in [2.24, 2.45) is 0 Å². The summed E-state index contributed by atoms with van der Waals surface area (Å²) in [5.74, 6) is 0. The van der Waals surface area contributed by atoms with Crippen LogP contribution in [0, 0.1) is 0 Å². The number of rotatable bonds is 3. The summed E-state index contributed by atoms with van der Waals surface area (Å²) in [7, 11) is 0. The monoisotopic (exact) mass is 258 g/mol. The van der Waals surface area contributed by atoms with Crippen LogP contribution in [0.15, 0.2) is 36.5 Å². The van der Waals surface area contributed by atoms with E-state index in [-0.39, 0.29) is 6.10 Å². The Labute approximate surface area is 112 Å². The van der Waals surface area contributed by atoms with E-state index in [1.165, 1.54) is 5.56 Å². The van der Waals surface area contributed by atoms with Crippen molar-refractivity contribution >= 4 is 0 Å². The Morgan fingerprint density at radius 1 is 1.42 bits per heavy atom. The zero-order valence-electron chi connectivity index (χ0n) is 11.0. The fourth-order valence-electron chi connectivity index (χ4n) is 2.70. The third kappa shape index (κ3) is 2.17. The molecular formula is C15H18N2O2. The Morgan fingerprint density at radius 2 is 2.26 bits per heavy atom. The van der Waals surface area contributed by atoms with Gasteiger partial charge >= 0.3 is 0 Å². The number of aliphatic hydroxyl groups excluding tert-OH is 1. The van der Waals surface area contributed by atoms with Gasteiger partial charge in [-0.2, -0.15) is 5.10 Å². The molecule has 1 aromatic heterocycles. The van der Waals surface area contributed by atoms with Gasteiger partial charge in [0.05, 0.1) is 12.3 Å². The van der Waals surface area contributed by atoms with Gasteiger partial charge < -0.3 is 9.84 Å². The van der Waals surface area contributed by atoms with Crippen molar-refractivity contribution in [3.63, 3.8) is 0 Å². The maximum atomic E-state index is 10.6. The number of benzene rings is 1. The van der Waals surface area contributed by atoms with Crippen LogP contribution in [0.5, 0.6) is 0 Å². The second-order valence-corrected chi connectivity index (χ2v) is 4.76. The van der Waals surface area contributed by atoms with Gasteiger partial charge in [0, 0.05) is 12.7 Å². The molecule has 2 aromatic rings. The number of hydrogen-bond donors (Lipinski definition) is 1. The molecule has 1 aliphatic rings. The van der Waals surface area contributed by atoms with Crippen LogP contribution in [0.25, 0.3) is 0 Å². The molecule has 0 amide bonds. The van der Waals surface area contributed by atoms with Crippen LogP contribution in [0.3, 0.4) is 0 Å². The van der Waals surface area contributed by atoms with E-state index in [1.807, 2.05) is 35.9 Å². The molecule has 0 saturated heterocycles. The van der Waals surface area contributed by atoms with Crippen LogP contribution in [0.1, 0.15) is 36.0 Å². The van der Waals surface area contributed by atoms with Gasteiger partial charge in [-0.25, -0.2) is 0 Å². The summed E-state index contributed by atoms with van der Waals surface area (Å²) in [6, 6.07) is 10.0. The molecule has 1 aromatic carbocycles. The molecule has 1 aliphatic heterocycles. The van der Waals surface area contributed by atoms with Crippen LogP contribution >= 0.6 is 0 Å². The molecule has 100 valence electrons. The maximum Gasteiger partial charge on any atom is 0.126 e. The molecule has 2 unspecified atom stereocenters. The standard InChI is InChI=1S/C15H18N2O2/c1-2-17-13(7-9-16-17)14(18)15-12-6-4-3-5-11(12)8-10-19-15/h3-7,9,14-15,18H,2,8,10H2,1H3. The van der Waals surface area contributed by atoms with Gasteiger partial charge in [0.25, 0.3) is 0 Å². The molecule has 4 nitrogen and oxygen atoms in total. The van der Waals surface area contributed by atoms with E-state index < -0.39 is 6.10 Å². The van der Waals surface area contributed by atoms with Crippen LogP contribution < -0.4 is 0 Å². The minimum Gasteiger partial charge on any atom is -0.384 e. The molecule has 0 fully saturated rings. The van der Waals surface area contributed by atoms with Gasteiger partial charge in [0.1, 0.15) is 12.2 Å². The highest BCUT2D eigenvalue weighted by Crippen LogP contribution is 2.36. The van der Waals surface area contributed by atoms with E-state index in [2.05, 4.69) is 11.2 Å². The number of hydrogen-bond acceptors (Lipinski definition) is 3. The lowest BCUT2D eigenvalue weighted by Crippen LogP contribution is -2.23. The summed E-state index contributed by atoms with van der Waals surface area (Å²) in [6.07, 6.45) is 1.65. The van der Waals surface area contributed by atoms with Crippen molar-refractivity contribution < 1.29 is 9.84 Å². The largest absolute Gasteiger partial charge is 0.384 e. The third-order valence-corrected chi connectivity index (χ3v) is 3.67. The Hall–Kier alpha value is -1.65. The van der Waals surface area contributed by atoms with Crippen molar-refractivity contribution in [2.75, 3.05) is 6.61 Å². The van der Waals surface area contributed by atoms with Gasteiger partial charge in [0.2, 0.25) is 0 Å². The van der Waals surface area contributed by atoms with Crippen molar-refractivity contribution in [3.8, 4) is 0 Å². The van der Waals surface area contributed by atoms with E-state index in [1.54, 1.807) is 6.20 Å². The van der Waals surface area contributed by atoms with Crippen molar-refractivity contribution in [1.82, 2.24) is 9.78 Å². The minimum absolute atomic E-state index is 0.299. The number of aromatic nitrogens is 2. The molecular weight excluding hydrogens is 240 g/mol. The first-order valence-electron chi connectivity index (χ1n) is 6.70. The molecule has 0 saturated carbocycles. The molecule has 3 rings (SSSR count). The number of ether oxygens (including phenoxy) is 1. The molecule has 0 bridgehead atoms. The Morgan fingerprint density at radius 3 is 3.11 bits per heavy atom. The van der Waals surface area contributed by atoms with Crippen LogP contribution in [0.2, 0.25) is 0 Å². The number of nitrogens with zero attached hydrogens (tertiary/aromatic N) is 2. The predicted molar refractivity (Wildman–Crippen MR) is 71.7 cm³/mol. The van der Waals surface area contributed by atoms with Crippen LogP contribution in [0.4, 0.5) is 0 Å². The summed E-state index contributed by atoms with van der Waals surface area (Å²) >= 11 is 0. The Kier molecular flexibility index (Phi) is 3.36. The normalized spacial score (nSPS) is 20.0. The van der Waals surface area contributed by atoms with Gasteiger partial charge in [-0.05, 0) is 30.5 Å². The number of aliphatic hydroxyl groups is 1. The molecule has 4 heteroatoms. The lowest BCUT2D eigenvalue weighted by molar-refractivity contribution is -0.0515. The average molecular weight is 258 g/mol. The molecule has 0 aliphatic carbocycles. The lowest BCUT2D eigenvalue weighted by Gasteiger charge is -2.29. The molecule has 1 N–H and O–H groups in total. The average Bonchev–Trinajstić information content (AvgIpc) is 2.94. The summed E-state index contributed by atoms with van der Waals surface area (Å²) in [4.78, 5) is 0. The topological polar surface area (TPSA) is 47.3 Å². The fourth-order valence-corrected chi connectivity index (χ4v) is 2.70. The third-order valence-electron chi connectivity index (χ3n) is 3.67. The lowest BCUT2D eigenvalue weighted by atomic mass is 9.93. The second-order valence-electron chi connectivity index (χ2n) is 4.76. The highest BCUT2D eigenvalue weighted by atomic mass is 16.5. The zero-order valence-corrected chi connectivity index (χ0v) is 11.0. The van der Waals surface area contributed by atoms with Gasteiger partial charge in [-0.15, -0.1) is 0 Å². The highest BCUT2D eigenvalue weighted by molar-refractivity contribution is 5.32. The van der Waals surface area contributed by atoms with E-state index in [4.69, 9.17) is 4.74 Å². The van der Waals surface area contributed by atoms with Gasteiger partial charge in [-0.1, -0.05) is 24.3 Å². The summed E-state index contributed by atoms with van der Waals surface area (Å²) < 4.78 is 7.61. The Balaban J connectivity index is 1.95. The van der Waals surface area contributed by atoms with E-state index in [0.717, 1.165) is 24.2 Å². The molecule has 19 heavy (non-hydrogen) atoms. The van der Waals surface area contributed by atoms with Gasteiger partial charge in [0.15, 0.2) is 0 Å². The predicted octanol–water partition coefficient (Wildman–Crippen LogP) is 2.25. The molecule has 2 atom stereocenters. The van der Waals surface area contributed by atoms with E-state index in [9.17, 15) is 5.11 Å². The smallest absolute Gasteiger partial charge is 0.126 e. The highest BCUT2D eigenvalue weighted by Gasteiger charge is 2.30. The zero-order chi connectivity index (χ0) is 13.2. The number of aryl methyl sites for hydroxylation is 1. The van der Waals surface area contributed by atoms with Crippen LogP contribution in [-0.4, -0.2) is 21.5 Å². The fraction of sp³-hybridized carbons (Fsp3) is 0.400. The maximum absolute atomic E-state index is 10.6. The summed E-state index contributed by atoms with van der Waals surface area (Å²) in [6.45, 7) is 3.41. The second kappa shape index (κ2) is 5.15. The quantitative estimate of drug-likeness (QED) is 0.918. The summed E-state index contributed by atoms with van der Waals surface area (Å²) in [5.41, 5.74) is 3.16. The molecule has 0 radical (unpaired) electrons. The van der Waals surface area contributed by atoms with Crippen molar-refractivity contribution in [3.05, 3.63) is 53.3 Å². The SMILES string of the molecule is CCn1nccc1C(O)C1OCCc2ccccc21. The first-order valence-corrected chi connectivity index (χ1v) is 6.70. The molecule has 0 spiro atoms. The first-order chi connectivity index (χ1) is 9.31. The molecule has 2 heterocycles. The van der Waals surface area contributed by atoms with Crippen molar-refractivity contribution in [2.45, 2.75) is 32.1 Å². The van der Waals surface area contributed by atoms with Crippen LogP contribution in [-0.2, 0) is 17.7 Å². The van der Waals surface area contributed by atoms with Crippen molar-refractivity contribution in [1.29, 1.82) is 0 Å². The van der Waals surface area contributed by atoms with Gasteiger partial charge in [-0.3, -0.25) is 4.68 Å². The van der Waals surface area contributed by atoms with E-state index in [0.29, 0.717) is 6.61 Å². The van der Waals surface area contributed by atoms with E-state index >= 15 is 0 Å². The Bertz CT molecular complexity index is 565. The first kappa shape index (κ1) is 12.4. The summed E-state index contributed by atoms with van der Waals surface area (Å²) in [5, 5.41) is 14.8.